The summed E-state index contributed by atoms with van der Waals surface area (Å²) in [6.45, 7) is 0. The quantitative estimate of drug-likeness (QED) is 0.676. The summed E-state index contributed by atoms with van der Waals surface area (Å²) in [5.74, 6) is -0.299. The number of pyridine rings is 1. The Morgan fingerprint density at radius 3 is 2.71 bits per heavy atom. The first-order chi connectivity index (χ1) is 8.15. The Labute approximate surface area is 97.3 Å². The van der Waals surface area contributed by atoms with Crippen molar-refractivity contribution in [2.45, 2.75) is 0 Å². The number of aromatic amines is 1. The first kappa shape index (κ1) is 10.9. The van der Waals surface area contributed by atoms with Crippen molar-refractivity contribution in [3.8, 4) is 0 Å². The molecule has 0 unspecified atom stereocenters. The second kappa shape index (κ2) is 4.52. The number of anilines is 2. The molecule has 2 aromatic rings. The van der Waals surface area contributed by atoms with Gasteiger partial charge in [0.1, 0.15) is 0 Å². The molecule has 1 heterocycles. The van der Waals surface area contributed by atoms with E-state index in [0.717, 1.165) is 0 Å². The summed E-state index contributed by atoms with van der Waals surface area (Å²) in [7, 11) is 0. The van der Waals surface area contributed by atoms with Crippen molar-refractivity contribution in [2.24, 2.45) is 0 Å². The average Bonchev–Trinajstić information content (AvgIpc) is 2.29. The molecule has 1 aromatic carbocycles. The Morgan fingerprint density at radius 2 is 2.06 bits per heavy atom. The van der Waals surface area contributed by atoms with Gasteiger partial charge in [-0.15, -0.1) is 0 Å². The van der Waals surface area contributed by atoms with Gasteiger partial charge in [-0.25, -0.2) is 0 Å². The van der Waals surface area contributed by atoms with Gasteiger partial charge in [0.25, 0.3) is 5.91 Å². The molecule has 0 saturated heterocycles. The molecule has 1 aromatic heterocycles. The van der Waals surface area contributed by atoms with Gasteiger partial charge in [0.15, 0.2) is 0 Å². The van der Waals surface area contributed by atoms with E-state index in [0.29, 0.717) is 16.9 Å². The number of H-pyrrole nitrogens is 1. The van der Waals surface area contributed by atoms with Crippen LogP contribution in [0.3, 0.4) is 0 Å². The SMILES string of the molecule is Nc1cccc(NC(=O)c2ccc(=O)[nH]c2)c1. The van der Waals surface area contributed by atoms with E-state index in [2.05, 4.69) is 10.3 Å². The molecule has 86 valence electrons. The van der Waals surface area contributed by atoms with Crippen LogP contribution in [-0.2, 0) is 0 Å². The lowest BCUT2D eigenvalue weighted by molar-refractivity contribution is 0.102. The Balaban J connectivity index is 2.17. The molecule has 0 saturated carbocycles. The summed E-state index contributed by atoms with van der Waals surface area (Å²) >= 11 is 0. The van der Waals surface area contributed by atoms with Gasteiger partial charge in [-0.1, -0.05) is 6.07 Å². The molecule has 5 nitrogen and oxygen atoms in total. The van der Waals surface area contributed by atoms with Crippen molar-refractivity contribution in [3.63, 3.8) is 0 Å². The van der Waals surface area contributed by atoms with E-state index in [1.807, 2.05) is 0 Å². The van der Waals surface area contributed by atoms with Gasteiger partial charge in [0.2, 0.25) is 5.56 Å². The Morgan fingerprint density at radius 1 is 1.24 bits per heavy atom. The number of hydrogen-bond donors (Lipinski definition) is 3. The van der Waals surface area contributed by atoms with Crippen molar-refractivity contribution >= 4 is 17.3 Å². The number of carbonyl (C=O) groups excluding carboxylic acids is 1. The second-order valence-corrected chi connectivity index (χ2v) is 3.52. The lowest BCUT2D eigenvalue weighted by Crippen LogP contribution is -2.14. The molecule has 2 rings (SSSR count). The van der Waals surface area contributed by atoms with E-state index in [9.17, 15) is 9.59 Å². The molecule has 0 atom stereocenters. The summed E-state index contributed by atoms with van der Waals surface area (Å²) in [5, 5.41) is 2.68. The van der Waals surface area contributed by atoms with E-state index < -0.39 is 0 Å². The highest BCUT2D eigenvalue weighted by atomic mass is 16.1. The Hall–Kier alpha value is -2.56. The summed E-state index contributed by atoms with van der Waals surface area (Å²) < 4.78 is 0. The summed E-state index contributed by atoms with van der Waals surface area (Å²) in [5.41, 5.74) is 6.92. The molecule has 0 aliphatic heterocycles. The van der Waals surface area contributed by atoms with Crippen molar-refractivity contribution < 1.29 is 4.79 Å². The number of benzene rings is 1. The zero-order chi connectivity index (χ0) is 12.3. The summed E-state index contributed by atoms with van der Waals surface area (Å²) in [6, 6.07) is 9.63. The third kappa shape index (κ3) is 2.72. The minimum absolute atomic E-state index is 0.245. The number of nitrogens with one attached hydrogen (secondary N) is 2. The number of nitrogens with two attached hydrogens (primary N) is 1. The standard InChI is InChI=1S/C12H11N3O2/c13-9-2-1-3-10(6-9)15-12(17)8-4-5-11(16)14-7-8/h1-7H,13H2,(H,14,16)(H,15,17). The van der Waals surface area contributed by atoms with Gasteiger partial charge in [0.05, 0.1) is 5.56 Å². The van der Waals surface area contributed by atoms with Crippen molar-refractivity contribution in [1.82, 2.24) is 4.98 Å². The number of carbonyl (C=O) groups is 1. The predicted molar refractivity (Wildman–Crippen MR) is 65.9 cm³/mol. The van der Waals surface area contributed by atoms with E-state index in [1.54, 1.807) is 24.3 Å². The van der Waals surface area contributed by atoms with Crippen LogP contribution in [0, 0.1) is 0 Å². The van der Waals surface area contributed by atoms with Crippen LogP contribution in [0.15, 0.2) is 47.4 Å². The molecule has 0 fully saturated rings. The number of aromatic nitrogens is 1. The molecule has 1 amide bonds. The van der Waals surface area contributed by atoms with Crippen LogP contribution >= 0.6 is 0 Å². The molecule has 0 aliphatic rings. The molecule has 17 heavy (non-hydrogen) atoms. The average molecular weight is 229 g/mol. The molecule has 0 spiro atoms. The fourth-order valence-corrected chi connectivity index (χ4v) is 1.37. The third-order valence-electron chi connectivity index (χ3n) is 2.19. The maximum absolute atomic E-state index is 11.8. The van der Waals surface area contributed by atoms with Crippen LogP contribution in [0.5, 0.6) is 0 Å². The zero-order valence-corrected chi connectivity index (χ0v) is 8.94. The lowest BCUT2D eigenvalue weighted by atomic mass is 10.2. The van der Waals surface area contributed by atoms with E-state index in [-0.39, 0.29) is 11.5 Å². The second-order valence-electron chi connectivity index (χ2n) is 3.52. The summed E-state index contributed by atoms with van der Waals surface area (Å²) in [4.78, 5) is 25.0. The number of hydrogen-bond acceptors (Lipinski definition) is 3. The van der Waals surface area contributed by atoms with Crippen LogP contribution in [0.4, 0.5) is 11.4 Å². The molecule has 0 bridgehead atoms. The van der Waals surface area contributed by atoms with Gasteiger partial charge >= 0.3 is 0 Å². The van der Waals surface area contributed by atoms with Crippen molar-refractivity contribution in [1.29, 1.82) is 0 Å². The minimum Gasteiger partial charge on any atom is -0.399 e. The van der Waals surface area contributed by atoms with Gasteiger partial charge in [-0.3, -0.25) is 9.59 Å². The highest BCUT2D eigenvalue weighted by Gasteiger charge is 2.05. The fourth-order valence-electron chi connectivity index (χ4n) is 1.37. The largest absolute Gasteiger partial charge is 0.399 e. The van der Waals surface area contributed by atoms with Crippen LogP contribution in [0.2, 0.25) is 0 Å². The topological polar surface area (TPSA) is 88.0 Å². The number of nitrogen functional groups attached to an aromatic ring is 1. The first-order valence-corrected chi connectivity index (χ1v) is 5.01. The molecular formula is C12H11N3O2. The van der Waals surface area contributed by atoms with E-state index in [4.69, 9.17) is 5.73 Å². The maximum atomic E-state index is 11.8. The monoisotopic (exact) mass is 229 g/mol. The van der Waals surface area contributed by atoms with E-state index >= 15 is 0 Å². The Bertz CT molecular complexity index is 584. The summed E-state index contributed by atoms with van der Waals surface area (Å²) in [6.07, 6.45) is 1.37. The van der Waals surface area contributed by atoms with Gasteiger partial charge in [-0.2, -0.15) is 0 Å². The van der Waals surface area contributed by atoms with Gasteiger partial charge in [0, 0.05) is 23.6 Å². The van der Waals surface area contributed by atoms with Crippen LogP contribution in [-0.4, -0.2) is 10.9 Å². The normalized spacial score (nSPS) is 9.88. The fraction of sp³-hybridized carbons (Fsp3) is 0. The highest BCUT2D eigenvalue weighted by Crippen LogP contribution is 2.12. The zero-order valence-electron chi connectivity index (χ0n) is 8.94. The lowest BCUT2D eigenvalue weighted by Gasteiger charge is -2.05. The highest BCUT2D eigenvalue weighted by molar-refractivity contribution is 6.04. The smallest absolute Gasteiger partial charge is 0.257 e. The molecular weight excluding hydrogens is 218 g/mol. The van der Waals surface area contributed by atoms with Crippen LogP contribution in [0.25, 0.3) is 0 Å². The van der Waals surface area contributed by atoms with E-state index in [1.165, 1.54) is 18.3 Å². The first-order valence-electron chi connectivity index (χ1n) is 5.01. The van der Waals surface area contributed by atoms with Crippen molar-refractivity contribution in [3.05, 3.63) is 58.5 Å². The van der Waals surface area contributed by atoms with Gasteiger partial charge < -0.3 is 16.0 Å². The molecule has 5 heteroatoms. The molecule has 0 aliphatic carbocycles. The van der Waals surface area contributed by atoms with Gasteiger partial charge in [-0.05, 0) is 24.3 Å². The maximum Gasteiger partial charge on any atom is 0.257 e. The molecule has 4 N–H and O–H groups in total. The number of amides is 1. The van der Waals surface area contributed by atoms with Crippen LogP contribution in [0.1, 0.15) is 10.4 Å². The predicted octanol–water partition coefficient (Wildman–Crippen LogP) is 1.21. The Kier molecular flexibility index (Phi) is 2.91. The molecule has 0 radical (unpaired) electrons. The number of rotatable bonds is 2. The third-order valence-corrected chi connectivity index (χ3v) is 2.19. The van der Waals surface area contributed by atoms with Crippen molar-refractivity contribution in [2.75, 3.05) is 11.1 Å². The van der Waals surface area contributed by atoms with Crippen LogP contribution < -0.4 is 16.6 Å². The minimum atomic E-state index is -0.299.